The Balaban J connectivity index is 1.47. The number of fused-ring (bicyclic) bond motifs is 2. The molecule has 0 unspecified atom stereocenters. The first kappa shape index (κ1) is 19.1. The van der Waals surface area contributed by atoms with Gasteiger partial charge in [-0.15, -0.1) is 11.3 Å². The molecule has 1 amide bonds. The highest BCUT2D eigenvalue weighted by Gasteiger charge is 2.25. The second-order valence-electron chi connectivity index (χ2n) is 7.50. The van der Waals surface area contributed by atoms with Crippen molar-refractivity contribution in [2.24, 2.45) is 0 Å². The highest BCUT2D eigenvalue weighted by molar-refractivity contribution is 7.12. The summed E-state index contributed by atoms with van der Waals surface area (Å²) in [4.78, 5) is 31.2. The van der Waals surface area contributed by atoms with Crippen molar-refractivity contribution in [3.8, 4) is 11.5 Å². The topological polar surface area (TPSA) is 80.9 Å². The van der Waals surface area contributed by atoms with Gasteiger partial charge in [0.2, 0.25) is 0 Å². The molecule has 0 spiro atoms. The maximum atomic E-state index is 13.1. The van der Waals surface area contributed by atoms with E-state index in [2.05, 4.69) is 4.98 Å². The maximum absolute atomic E-state index is 13.1. The second kappa shape index (κ2) is 8.12. The van der Waals surface area contributed by atoms with E-state index in [9.17, 15) is 9.59 Å². The summed E-state index contributed by atoms with van der Waals surface area (Å²) in [6, 6.07) is 9.15. The molecule has 0 aliphatic carbocycles. The number of amides is 1. The lowest BCUT2D eigenvalue weighted by molar-refractivity contribution is 0.0510. The molecule has 1 N–H and O–H groups in total. The van der Waals surface area contributed by atoms with E-state index in [1.807, 2.05) is 29.6 Å². The molecule has 8 heteroatoms. The molecule has 2 aliphatic rings. The quantitative estimate of drug-likeness (QED) is 0.678. The number of thiophene rings is 1. The number of benzene rings is 1. The second-order valence-corrected chi connectivity index (χ2v) is 8.45. The van der Waals surface area contributed by atoms with Gasteiger partial charge in [-0.05, 0) is 36.4 Å². The lowest BCUT2D eigenvalue weighted by atomic mass is 10.1. The van der Waals surface area contributed by atoms with Crippen LogP contribution in [0, 0.1) is 0 Å². The third-order valence-corrected chi connectivity index (χ3v) is 6.27. The molecule has 0 saturated carbocycles. The van der Waals surface area contributed by atoms with E-state index < -0.39 is 0 Å². The molecule has 30 heavy (non-hydrogen) atoms. The van der Waals surface area contributed by atoms with E-state index in [4.69, 9.17) is 14.2 Å². The first-order valence-electron chi connectivity index (χ1n) is 10.1. The summed E-state index contributed by atoms with van der Waals surface area (Å²) < 4.78 is 17.0. The number of carbonyl (C=O) groups is 1. The molecule has 0 bridgehead atoms. The van der Waals surface area contributed by atoms with Crippen LogP contribution in [0.2, 0.25) is 0 Å². The van der Waals surface area contributed by atoms with Crippen molar-refractivity contribution in [3.05, 3.63) is 56.5 Å². The monoisotopic (exact) mass is 426 g/mol. The fraction of sp³-hybridized carbons (Fsp3) is 0.364. The summed E-state index contributed by atoms with van der Waals surface area (Å²) in [5.41, 5.74) is 1.00. The Morgan fingerprint density at radius 3 is 2.73 bits per heavy atom. The molecule has 1 saturated heterocycles. The number of rotatable bonds is 5. The largest absolute Gasteiger partial charge is 0.486 e. The molecule has 1 atom stereocenters. The molecular weight excluding hydrogens is 404 g/mol. The number of aromatic amines is 1. The van der Waals surface area contributed by atoms with Gasteiger partial charge in [-0.25, -0.2) is 0 Å². The standard InChI is InChI=1S/C22H22N2O5S/c25-21-15(9-14-10-18-19(11-17(14)23-21)29-7-6-28-18)12-24(13-16-3-1-5-27-16)22(26)20-4-2-8-30-20/h2,4,8-11,16H,1,3,5-7,12-13H2,(H,23,25)/t16-/m1/s1. The van der Waals surface area contributed by atoms with Crippen molar-refractivity contribution in [1.82, 2.24) is 9.88 Å². The van der Waals surface area contributed by atoms with E-state index in [-0.39, 0.29) is 24.1 Å². The molecule has 5 rings (SSSR count). The first-order valence-corrected chi connectivity index (χ1v) is 11.0. The fourth-order valence-corrected chi connectivity index (χ4v) is 4.61. The SMILES string of the molecule is O=C(c1cccs1)N(Cc1cc2cc3c(cc2[nH]c1=O)OCCO3)C[C@H]1CCCO1. The number of hydrogen-bond acceptors (Lipinski definition) is 6. The van der Waals surface area contributed by atoms with Gasteiger partial charge >= 0.3 is 0 Å². The maximum Gasteiger partial charge on any atom is 0.264 e. The summed E-state index contributed by atoms with van der Waals surface area (Å²) >= 11 is 1.40. The van der Waals surface area contributed by atoms with Gasteiger partial charge in [-0.3, -0.25) is 9.59 Å². The predicted molar refractivity (Wildman–Crippen MR) is 114 cm³/mol. The van der Waals surface area contributed by atoms with E-state index in [0.717, 1.165) is 24.8 Å². The van der Waals surface area contributed by atoms with Gasteiger partial charge < -0.3 is 24.1 Å². The molecule has 2 aromatic heterocycles. The van der Waals surface area contributed by atoms with Gasteiger partial charge in [0, 0.05) is 30.2 Å². The van der Waals surface area contributed by atoms with Crippen LogP contribution in [-0.4, -0.2) is 48.3 Å². The van der Waals surface area contributed by atoms with Crippen molar-refractivity contribution in [3.63, 3.8) is 0 Å². The first-order chi connectivity index (χ1) is 14.7. The zero-order chi connectivity index (χ0) is 20.5. The van der Waals surface area contributed by atoms with Gasteiger partial charge in [0.25, 0.3) is 11.5 Å². The molecule has 0 radical (unpaired) electrons. The Morgan fingerprint density at radius 1 is 1.17 bits per heavy atom. The minimum Gasteiger partial charge on any atom is -0.486 e. The van der Waals surface area contributed by atoms with Crippen LogP contribution < -0.4 is 15.0 Å². The Kier molecular flexibility index (Phi) is 5.18. The lowest BCUT2D eigenvalue weighted by Gasteiger charge is -2.25. The zero-order valence-electron chi connectivity index (χ0n) is 16.4. The Bertz CT molecular complexity index is 1120. The van der Waals surface area contributed by atoms with Crippen LogP contribution in [0.25, 0.3) is 10.9 Å². The highest BCUT2D eigenvalue weighted by atomic mass is 32.1. The predicted octanol–water partition coefficient (Wildman–Crippen LogP) is 3.18. The summed E-state index contributed by atoms with van der Waals surface area (Å²) in [6.45, 7) is 2.39. The summed E-state index contributed by atoms with van der Waals surface area (Å²) in [6.07, 6.45) is 1.92. The van der Waals surface area contributed by atoms with Crippen LogP contribution >= 0.6 is 11.3 Å². The Morgan fingerprint density at radius 2 is 2.00 bits per heavy atom. The van der Waals surface area contributed by atoms with Crippen LogP contribution in [0.1, 0.15) is 28.1 Å². The van der Waals surface area contributed by atoms with Crippen molar-refractivity contribution in [1.29, 1.82) is 0 Å². The molecule has 2 aliphatic heterocycles. The molecule has 156 valence electrons. The number of pyridine rings is 1. The number of ether oxygens (including phenoxy) is 3. The van der Waals surface area contributed by atoms with Gasteiger partial charge in [0.15, 0.2) is 11.5 Å². The van der Waals surface area contributed by atoms with E-state index >= 15 is 0 Å². The number of carbonyl (C=O) groups excluding carboxylic acids is 1. The van der Waals surface area contributed by atoms with Crippen molar-refractivity contribution in [2.45, 2.75) is 25.5 Å². The average molecular weight is 426 g/mol. The van der Waals surface area contributed by atoms with Gasteiger partial charge in [-0.1, -0.05) is 6.07 Å². The van der Waals surface area contributed by atoms with Crippen LogP contribution in [0.15, 0.2) is 40.5 Å². The minimum atomic E-state index is -0.213. The minimum absolute atomic E-state index is 0.00557. The molecule has 1 aromatic carbocycles. The average Bonchev–Trinajstić information content (AvgIpc) is 3.46. The van der Waals surface area contributed by atoms with Gasteiger partial charge in [-0.2, -0.15) is 0 Å². The number of aromatic nitrogens is 1. The van der Waals surface area contributed by atoms with Crippen molar-refractivity contribution < 1.29 is 19.0 Å². The third kappa shape index (κ3) is 3.80. The lowest BCUT2D eigenvalue weighted by Crippen LogP contribution is -2.38. The van der Waals surface area contributed by atoms with Crippen LogP contribution in [0.4, 0.5) is 0 Å². The van der Waals surface area contributed by atoms with E-state index in [1.54, 1.807) is 11.0 Å². The highest BCUT2D eigenvalue weighted by Crippen LogP contribution is 2.33. The van der Waals surface area contributed by atoms with Crippen LogP contribution in [0.3, 0.4) is 0 Å². The number of nitrogens with one attached hydrogen (secondary N) is 1. The fourth-order valence-electron chi connectivity index (χ4n) is 3.92. The summed E-state index contributed by atoms with van der Waals surface area (Å²) in [5, 5.41) is 2.72. The van der Waals surface area contributed by atoms with Crippen LogP contribution in [-0.2, 0) is 11.3 Å². The smallest absolute Gasteiger partial charge is 0.264 e. The third-order valence-electron chi connectivity index (χ3n) is 5.41. The van der Waals surface area contributed by atoms with Crippen molar-refractivity contribution in [2.75, 3.05) is 26.4 Å². The molecule has 4 heterocycles. The van der Waals surface area contributed by atoms with E-state index in [0.29, 0.717) is 47.2 Å². The molecule has 7 nitrogen and oxygen atoms in total. The Hall–Kier alpha value is -2.84. The number of H-pyrrole nitrogens is 1. The zero-order valence-corrected chi connectivity index (χ0v) is 17.2. The molecular formula is C22H22N2O5S. The molecule has 3 aromatic rings. The summed E-state index contributed by atoms with van der Waals surface area (Å²) in [5.74, 6) is 1.21. The normalized spacial score (nSPS) is 17.9. The van der Waals surface area contributed by atoms with Gasteiger partial charge in [0.1, 0.15) is 13.2 Å². The van der Waals surface area contributed by atoms with Crippen molar-refractivity contribution >= 4 is 28.1 Å². The molecule has 1 fully saturated rings. The van der Waals surface area contributed by atoms with E-state index in [1.165, 1.54) is 11.3 Å². The Labute approximate surface area is 177 Å². The number of hydrogen-bond donors (Lipinski definition) is 1. The van der Waals surface area contributed by atoms with Crippen LogP contribution in [0.5, 0.6) is 11.5 Å². The summed E-state index contributed by atoms with van der Waals surface area (Å²) in [7, 11) is 0. The number of nitrogens with zero attached hydrogens (tertiary/aromatic N) is 1. The van der Waals surface area contributed by atoms with Gasteiger partial charge in [0.05, 0.1) is 23.0 Å².